The van der Waals surface area contributed by atoms with Gasteiger partial charge in [-0.3, -0.25) is 14.4 Å². The summed E-state index contributed by atoms with van der Waals surface area (Å²) in [7, 11) is -4.68. The molecule has 0 spiro atoms. The third-order valence-electron chi connectivity index (χ3n) is 9.00. The Morgan fingerprint density at radius 1 is 0.922 bits per heavy atom. The summed E-state index contributed by atoms with van der Waals surface area (Å²) in [6.45, 7) is 5.91. The van der Waals surface area contributed by atoms with Crippen LogP contribution in [0.1, 0.15) is 127 Å². The number of aromatic amines is 1. The summed E-state index contributed by atoms with van der Waals surface area (Å²) in [4.78, 5) is 12.5. The highest BCUT2D eigenvalue weighted by Gasteiger charge is 2.31. The summed E-state index contributed by atoms with van der Waals surface area (Å²) < 4.78 is 40.8. The quantitative estimate of drug-likeness (QED) is 0.0528. The molecule has 4 rings (SSSR count). The van der Waals surface area contributed by atoms with E-state index in [1.165, 1.54) is 94.2 Å². The molecule has 3 N–H and O–H groups in total. The van der Waals surface area contributed by atoms with Crippen LogP contribution in [0.2, 0.25) is 0 Å². The minimum atomic E-state index is -4.68. The van der Waals surface area contributed by atoms with E-state index in [9.17, 15) is 17.8 Å². The minimum Gasteiger partial charge on any atom is -0.456 e. The molecule has 2 heterocycles. The fourth-order valence-corrected chi connectivity index (χ4v) is 6.76. The van der Waals surface area contributed by atoms with Crippen molar-refractivity contribution in [2.24, 2.45) is 15.3 Å². The van der Waals surface area contributed by atoms with Crippen LogP contribution in [0.3, 0.4) is 0 Å². The molecule has 2 aromatic carbocycles. The number of nitrogens with zero attached hydrogens (tertiary/aromatic N) is 5. The van der Waals surface area contributed by atoms with E-state index in [2.05, 4.69) is 37.8 Å². The number of benzene rings is 2. The van der Waals surface area contributed by atoms with E-state index < -0.39 is 21.2 Å². The van der Waals surface area contributed by atoms with Crippen molar-refractivity contribution < 1.29 is 22.5 Å². The lowest BCUT2D eigenvalue weighted by atomic mass is 10.0. The van der Waals surface area contributed by atoms with E-state index in [4.69, 9.17) is 4.74 Å². The van der Waals surface area contributed by atoms with Crippen molar-refractivity contribution >= 4 is 33.2 Å². The normalized spacial score (nSPS) is 14.7. The number of rotatable bonds is 22. The van der Waals surface area contributed by atoms with E-state index in [1.807, 2.05) is 19.9 Å². The number of hydrogen-bond donors (Lipinski definition) is 3. The van der Waals surface area contributed by atoms with Crippen molar-refractivity contribution in [1.82, 2.24) is 15.5 Å². The first-order valence-corrected chi connectivity index (χ1v) is 20.0. The van der Waals surface area contributed by atoms with Crippen LogP contribution in [-0.2, 0) is 14.9 Å². The van der Waals surface area contributed by atoms with Crippen molar-refractivity contribution in [3.63, 3.8) is 0 Å². The number of carbonyl (C=O) groups is 1. The SMILES string of the molecule is CCCCCCCCCCCCCCCCCC(=O)NC1=NN(c2ccc(Oc3ccccc3)c(S(=O)(=O)O)c2)[C@@H](N=Nc2c(C)n[nH]c2C)C1. The fourth-order valence-electron chi connectivity index (χ4n) is 6.13. The maximum atomic E-state index is 12.9. The molecule has 13 heteroatoms. The van der Waals surface area contributed by atoms with Crippen molar-refractivity contribution in [2.45, 2.75) is 141 Å². The standard InChI is InChI=1S/C38H55N7O5S/c1-4-5-6-7-8-9-10-11-12-13-14-15-16-17-21-24-37(46)39-35-28-36(42-43-38-29(2)40-41-30(38)3)45(44-35)31-25-26-33(34(27-31)51(47,48)49)50-32-22-19-18-20-23-32/h18-20,22-23,25-27,36H,4-17,21,24,28H2,1-3H3,(H,40,41)(H,39,44,46)(H,47,48,49)/t36-/m1/s1. The summed E-state index contributed by atoms with van der Waals surface area (Å²) in [6.07, 6.45) is 18.8. The van der Waals surface area contributed by atoms with E-state index in [0.717, 1.165) is 25.0 Å². The van der Waals surface area contributed by atoms with Gasteiger partial charge in [0.2, 0.25) is 5.91 Å². The van der Waals surface area contributed by atoms with Crippen LogP contribution in [0.4, 0.5) is 11.4 Å². The molecule has 0 bridgehead atoms. The highest BCUT2D eigenvalue weighted by atomic mass is 32.2. The Balaban J connectivity index is 1.31. The summed E-state index contributed by atoms with van der Waals surface area (Å²) in [6, 6.07) is 13.0. The van der Waals surface area contributed by atoms with Crippen LogP contribution in [0.15, 0.2) is 68.8 Å². The van der Waals surface area contributed by atoms with Crippen LogP contribution < -0.4 is 15.1 Å². The number of azo groups is 1. The lowest BCUT2D eigenvalue weighted by Crippen LogP contribution is -2.30. The number of hydrogen-bond acceptors (Lipinski definition) is 9. The number of ether oxygens (including phenoxy) is 1. The monoisotopic (exact) mass is 721 g/mol. The average molecular weight is 722 g/mol. The Morgan fingerprint density at radius 2 is 1.53 bits per heavy atom. The molecular formula is C38H55N7O5S. The van der Waals surface area contributed by atoms with Crippen molar-refractivity contribution in [2.75, 3.05) is 5.01 Å². The highest BCUT2D eigenvalue weighted by molar-refractivity contribution is 7.86. The smallest absolute Gasteiger partial charge is 0.298 e. The zero-order chi connectivity index (χ0) is 36.5. The van der Waals surface area contributed by atoms with E-state index in [0.29, 0.717) is 35.1 Å². The highest BCUT2D eigenvalue weighted by Crippen LogP contribution is 2.35. The van der Waals surface area contributed by atoms with E-state index in [1.54, 1.807) is 30.3 Å². The molecule has 3 aromatic rings. The minimum absolute atomic E-state index is 0.0459. The molecule has 0 unspecified atom stereocenters. The van der Waals surface area contributed by atoms with E-state index >= 15 is 0 Å². The molecule has 0 saturated carbocycles. The molecule has 1 amide bonds. The Bertz CT molecular complexity index is 1670. The molecule has 0 saturated heterocycles. The average Bonchev–Trinajstić information content (AvgIpc) is 3.66. The van der Waals surface area contributed by atoms with Gasteiger partial charge in [0.1, 0.15) is 27.9 Å². The maximum absolute atomic E-state index is 12.9. The Kier molecular flexibility index (Phi) is 16.1. The number of amides is 1. The summed E-state index contributed by atoms with van der Waals surface area (Å²) >= 11 is 0. The van der Waals surface area contributed by atoms with Crippen molar-refractivity contribution in [3.8, 4) is 11.5 Å². The van der Waals surface area contributed by atoms with Gasteiger partial charge in [0.25, 0.3) is 10.1 Å². The molecule has 51 heavy (non-hydrogen) atoms. The van der Waals surface area contributed by atoms with Gasteiger partial charge in [0.05, 0.1) is 23.5 Å². The summed E-state index contributed by atoms with van der Waals surface area (Å²) in [5, 5.41) is 25.0. The van der Waals surface area contributed by atoms with Crippen molar-refractivity contribution in [3.05, 3.63) is 59.9 Å². The molecule has 1 aliphatic rings. The molecule has 0 fully saturated rings. The molecule has 0 radical (unpaired) electrons. The summed E-state index contributed by atoms with van der Waals surface area (Å²) in [5.41, 5.74) is 2.33. The molecule has 1 atom stereocenters. The lowest BCUT2D eigenvalue weighted by Gasteiger charge is -2.20. The molecule has 278 valence electrons. The fraction of sp³-hybridized carbons (Fsp3) is 0.553. The van der Waals surface area contributed by atoms with Crippen LogP contribution in [0, 0.1) is 13.8 Å². The number of H-pyrrole nitrogens is 1. The van der Waals surface area contributed by atoms with Gasteiger partial charge >= 0.3 is 0 Å². The van der Waals surface area contributed by atoms with Gasteiger partial charge in [-0.05, 0) is 50.6 Å². The first-order valence-electron chi connectivity index (χ1n) is 18.6. The van der Waals surface area contributed by atoms with Gasteiger partial charge in [-0.15, -0.1) is 5.11 Å². The molecule has 1 aromatic heterocycles. The first-order chi connectivity index (χ1) is 24.7. The molecule has 12 nitrogen and oxygen atoms in total. The predicted octanol–water partition coefficient (Wildman–Crippen LogP) is 10.1. The molecule has 1 aliphatic heterocycles. The number of unbranched alkanes of at least 4 members (excludes halogenated alkanes) is 14. The van der Waals surface area contributed by atoms with Crippen LogP contribution in [0.5, 0.6) is 11.5 Å². The second-order valence-corrected chi connectivity index (χ2v) is 14.7. The third kappa shape index (κ3) is 13.2. The number of hydrazone groups is 1. The Hall–Kier alpha value is -4.10. The number of aromatic nitrogens is 2. The van der Waals surface area contributed by atoms with Crippen LogP contribution in [0.25, 0.3) is 0 Å². The van der Waals surface area contributed by atoms with Gasteiger partial charge in [-0.2, -0.15) is 23.7 Å². The number of carbonyl (C=O) groups excluding carboxylic acids is 1. The van der Waals surface area contributed by atoms with Crippen molar-refractivity contribution in [1.29, 1.82) is 0 Å². The number of anilines is 1. The summed E-state index contributed by atoms with van der Waals surface area (Å²) in [5.74, 6) is 0.623. The second-order valence-electron chi connectivity index (χ2n) is 13.3. The maximum Gasteiger partial charge on any atom is 0.298 e. The van der Waals surface area contributed by atoms with Gasteiger partial charge in [-0.25, -0.2) is 5.01 Å². The van der Waals surface area contributed by atoms with Crippen LogP contribution in [-0.4, -0.2) is 41.1 Å². The number of para-hydroxylation sites is 1. The van der Waals surface area contributed by atoms with Gasteiger partial charge in [-0.1, -0.05) is 115 Å². The molecule has 0 aliphatic carbocycles. The van der Waals surface area contributed by atoms with Gasteiger partial charge < -0.3 is 10.1 Å². The number of aryl methyl sites for hydroxylation is 2. The first kappa shape index (κ1) is 39.7. The van der Waals surface area contributed by atoms with Gasteiger partial charge in [0, 0.05) is 6.42 Å². The third-order valence-corrected chi connectivity index (χ3v) is 9.87. The predicted molar refractivity (Wildman–Crippen MR) is 201 cm³/mol. The van der Waals surface area contributed by atoms with E-state index in [-0.39, 0.29) is 18.1 Å². The Morgan fingerprint density at radius 3 is 2.10 bits per heavy atom. The topological polar surface area (TPSA) is 162 Å². The zero-order valence-electron chi connectivity index (χ0n) is 30.4. The Labute approximate surface area is 303 Å². The second kappa shape index (κ2) is 20.7. The number of nitrogens with one attached hydrogen (secondary N) is 2. The lowest BCUT2D eigenvalue weighted by molar-refractivity contribution is -0.119. The van der Waals surface area contributed by atoms with Gasteiger partial charge in [0.15, 0.2) is 6.17 Å². The van der Waals surface area contributed by atoms with Crippen LogP contribution >= 0.6 is 0 Å². The zero-order valence-corrected chi connectivity index (χ0v) is 31.3. The largest absolute Gasteiger partial charge is 0.456 e. The molecular weight excluding hydrogens is 667 g/mol. The number of amidine groups is 1.